The van der Waals surface area contributed by atoms with Crippen LogP contribution < -0.4 is 10.6 Å². The maximum absolute atomic E-state index is 11.6. The molecule has 0 spiro atoms. The van der Waals surface area contributed by atoms with E-state index in [1.54, 1.807) is 0 Å². The molecule has 4 nitrogen and oxygen atoms in total. The van der Waals surface area contributed by atoms with Gasteiger partial charge in [0.2, 0.25) is 5.91 Å². The molecule has 1 heterocycles. The van der Waals surface area contributed by atoms with Crippen LogP contribution in [0.1, 0.15) is 25.7 Å². The molecular formula is C12H22N2O2. The van der Waals surface area contributed by atoms with E-state index in [9.17, 15) is 4.79 Å². The molecule has 2 N–H and O–H groups in total. The summed E-state index contributed by atoms with van der Waals surface area (Å²) in [6.45, 7) is 6.86. The molecule has 16 heavy (non-hydrogen) atoms. The van der Waals surface area contributed by atoms with E-state index in [4.69, 9.17) is 4.74 Å². The lowest BCUT2D eigenvalue weighted by Crippen LogP contribution is -2.32. The first-order chi connectivity index (χ1) is 7.83. The lowest BCUT2D eigenvalue weighted by molar-refractivity contribution is -0.122. The summed E-state index contributed by atoms with van der Waals surface area (Å²) in [7, 11) is 0. The molecule has 0 unspecified atom stereocenters. The first kappa shape index (κ1) is 13.0. The number of rotatable bonds is 7. The standard InChI is InChI=1S/C12H22N2O2/c1-2-16-9-3-6-14-12(15)10-11-4-7-13-8-5-11/h2,11,13H,1,3-10H2,(H,14,15). The summed E-state index contributed by atoms with van der Waals surface area (Å²) in [6, 6.07) is 0. The van der Waals surface area contributed by atoms with Gasteiger partial charge in [-0.2, -0.15) is 0 Å². The topological polar surface area (TPSA) is 50.4 Å². The van der Waals surface area contributed by atoms with Gasteiger partial charge in [-0.05, 0) is 38.3 Å². The highest BCUT2D eigenvalue weighted by Gasteiger charge is 2.16. The Morgan fingerprint density at radius 3 is 2.94 bits per heavy atom. The fourth-order valence-electron chi connectivity index (χ4n) is 1.89. The zero-order valence-corrected chi connectivity index (χ0v) is 9.84. The molecule has 0 aromatic rings. The fourth-order valence-corrected chi connectivity index (χ4v) is 1.89. The normalized spacial score (nSPS) is 16.8. The molecule has 1 saturated heterocycles. The highest BCUT2D eigenvalue weighted by molar-refractivity contribution is 5.76. The third-order valence-electron chi connectivity index (χ3n) is 2.81. The van der Waals surface area contributed by atoms with Crippen LogP contribution >= 0.6 is 0 Å². The van der Waals surface area contributed by atoms with Crippen molar-refractivity contribution in [1.29, 1.82) is 0 Å². The maximum atomic E-state index is 11.6. The number of nitrogens with one attached hydrogen (secondary N) is 2. The van der Waals surface area contributed by atoms with Gasteiger partial charge in [0.05, 0.1) is 12.9 Å². The van der Waals surface area contributed by atoms with Crippen molar-refractivity contribution in [3.8, 4) is 0 Å². The van der Waals surface area contributed by atoms with Gasteiger partial charge in [-0.3, -0.25) is 4.79 Å². The first-order valence-electron chi connectivity index (χ1n) is 6.03. The molecule has 1 aliphatic rings. The minimum atomic E-state index is 0.172. The Morgan fingerprint density at radius 2 is 2.25 bits per heavy atom. The Kier molecular flexibility index (Phi) is 6.65. The molecule has 92 valence electrons. The zero-order valence-electron chi connectivity index (χ0n) is 9.84. The number of carbonyl (C=O) groups is 1. The van der Waals surface area contributed by atoms with Crippen molar-refractivity contribution in [3.05, 3.63) is 12.8 Å². The molecule has 0 saturated carbocycles. The summed E-state index contributed by atoms with van der Waals surface area (Å²) >= 11 is 0. The van der Waals surface area contributed by atoms with Crippen LogP contribution in [-0.2, 0) is 9.53 Å². The average molecular weight is 226 g/mol. The Balaban J connectivity index is 1.99. The lowest BCUT2D eigenvalue weighted by Gasteiger charge is -2.21. The first-order valence-corrected chi connectivity index (χ1v) is 6.03. The van der Waals surface area contributed by atoms with E-state index >= 15 is 0 Å². The molecule has 0 aliphatic carbocycles. The number of hydrogen-bond acceptors (Lipinski definition) is 3. The van der Waals surface area contributed by atoms with Crippen molar-refractivity contribution in [1.82, 2.24) is 10.6 Å². The Hall–Kier alpha value is -1.03. The van der Waals surface area contributed by atoms with Crippen LogP contribution in [0.15, 0.2) is 12.8 Å². The van der Waals surface area contributed by atoms with Gasteiger partial charge in [-0.1, -0.05) is 6.58 Å². The average Bonchev–Trinajstić information content (AvgIpc) is 2.30. The molecule has 0 radical (unpaired) electrons. The second-order valence-electron chi connectivity index (χ2n) is 4.14. The third kappa shape index (κ3) is 5.75. The van der Waals surface area contributed by atoms with Gasteiger partial charge in [-0.25, -0.2) is 0 Å². The van der Waals surface area contributed by atoms with Crippen LogP contribution in [0, 0.1) is 5.92 Å². The van der Waals surface area contributed by atoms with Gasteiger partial charge in [-0.15, -0.1) is 0 Å². The number of ether oxygens (including phenoxy) is 1. The summed E-state index contributed by atoms with van der Waals surface area (Å²) in [5.74, 6) is 0.733. The van der Waals surface area contributed by atoms with Crippen molar-refractivity contribution in [2.45, 2.75) is 25.7 Å². The maximum Gasteiger partial charge on any atom is 0.220 e. The summed E-state index contributed by atoms with van der Waals surface area (Å²) in [5.41, 5.74) is 0. The molecule has 1 rings (SSSR count). The molecule has 1 amide bonds. The van der Waals surface area contributed by atoms with Crippen molar-refractivity contribution in [2.24, 2.45) is 5.92 Å². The highest BCUT2D eigenvalue weighted by Crippen LogP contribution is 2.15. The molecule has 0 aromatic carbocycles. The van der Waals surface area contributed by atoms with E-state index in [0.29, 0.717) is 25.5 Å². The molecule has 4 heteroatoms. The molecule has 1 fully saturated rings. The number of hydrogen-bond donors (Lipinski definition) is 2. The Labute approximate surface area is 97.4 Å². The second kappa shape index (κ2) is 8.16. The SMILES string of the molecule is C=COCCCNC(=O)CC1CCNCC1. The number of carbonyl (C=O) groups excluding carboxylic acids is 1. The van der Waals surface area contributed by atoms with Gasteiger partial charge in [0.15, 0.2) is 0 Å². The van der Waals surface area contributed by atoms with Crippen molar-refractivity contribution >= 4 is 5.91 Å². The highest BCUT2D eigenvalue weighted by atomic mass is 16.5. The molecule has 1 aliphatic heterocycles. The van der Waals surface area contributed by atoms with Crippen LogP contribution in [0.4, 0.5) is 0 Å². The molecule has 0 atom stereocenters. The van der Waals surface area contributed by atoms with Crippen LogP contribution in [0.3, 0.4) is 0 Å². The predicted octanol–water partition coefficient (Wildman–Crippen LogP) is 1.04. The van der Waals surface area contributed by atoms with Crippen molar-refractivity contribution in [2.75, 3.05) is 26.2 Å². The fraction of sp³-hybridized carbons (Fsp3) is 0.750. The summed E-state index contributed by atoms with van der Waals surface area (Å²) in [4.78, 5) is 11.6. The molecule has 0 aromatic heterocycles. The van der Waals surface area contributed by atoms with Crippen LogP contribution in [0.25, 0.3) is 0 Å². The van der Waals surface area contributed by atoms with Gasteiger partial charge < -0.3 is 15.4 Å². The van der Waals surface area contributed by atoms with E-state index in [2.05, 4.69) is 17.2 Å². The summed E-state index contributed by atoms with van der Waals surface area (Å²) in [6.07, 6.45) is 5.17. The number of amides is 1. The lowest BCUT2D eigenvalue weighted by atomic mass is 9.94. The minimum absolute atomic E-state index is 0.172. The summed E-state index contributed by atoms with van der Waals surface area (Å²) < 4.78 is 4.97. The zero-order chi connectivity index (χ0) is 11.6. The van der Waals surface area contributed by atoms with Gasteiger partial charge in [0, 0.05) is 13.0 Å². The van der Waals surface area contributed by atoms with Crippen LogP contribution in [-0.4, -0.2) is 32.1 Å². The number of piperidine rings is 1. The second-order valence-corrected chi connectivity index (χ2v) is 4.14. The van der Waals surface area contributed by atoms with E-state index in [-0.39, 0.29) is 5.91 Å². The van der Waals surface area contributed by atoms with E-state index in [1.165, 1.54) is 6.26 Å². The van der Waals surface area contributed by atoms with Crippen LogP contribution in [0.2, 0.25) is 0 Å². The largest absolute Gasteiger partial charge is 0.502 e. The van der Waals surface area contributed by atoms with Crippen LogP contribution in [0.5, 0.6) is 0 Å². The van der Waals surface area contributed by atoms with Gasteiger partial charge in [0.1, 0.15) is 0 Å². The molecular weight excluding hydrogens is 204 g/mol. The van der Waals surface area contributed by atoms with E-state index in [0.717, 1.165) is 32.4 Å². The van der Waals surface area contributed by atoms with Gasteiger partial charge in [0.25, 0.3) is 0 Å². The quantitative estimate of drug-likeness (QED) is 0.504. The summed E-state index contributed by atoms with van der Waals surface area (Å²) in [5, 5.41) is 6.21. The van der Waals surface area contributed by atoms with Gasteiger partial charge >= 0.3 is 0 Å². The minimum Gasteiger partial charge on any atom is -0.502 e. The van der Waals surface area contributed by atoms with Crippen molar-refractivity contribution in [3.63, 3.8) is 0 Å². The van der Waals surface area contributed by atoms with E-state index < -0.39 is 0 Å². The Bertz CT molecular complexity index is 213. The van der Waals surface area contributed by atoms with Crippen molar-refractivity contribution < 1.29 is 9.53 Å². The van der Waals surface area contributed by atoms with E-state index in [1.807, 2.05) is 0 Å². The smallest absolute Gasteiger partial charge is 0.220 e. The third-order valence-corrected chi connectivity index (χ3v) is 2.81. The molecule has 0 bridgehead atoms. The Morgan fingerprint density at radius 1 is 1.50 bits per heavy atom. The predicted molar refractivity (Wildman–Crippen MR) is 64.0 cm³/mol. The monoisotopic (exact) mass is 226 g/mol.